The molecule has 1 rings (SSSR count). The van der Waals surface area contributed by atoms with Gasteiger partial charge in [0.25, 0.3) is 0 Å². The van der Waals surface area contributed by atoms with Crippen molar-refractivity contribution in [1.29, 1.82) is 0 Å². The van der Waals surface area contributed by atoms with E-state index in [1.165, 1.54) is 0 Å². The van der Waals surface area contributed by atoms with Gasteiger partial charge >= 0.3 is 0 Å². The molecular formula is C5H11NO. The monoisotopic (exact) mass is 101 g/mol. The van der Waals surface area contributed by atoms with Crippen molar-refractivity contribution >= 4 is 0 Å². The molecule has 1 fully saturated rings. The molecule has 0 radical (unpaired) electrons. The first-order valence-corrected chi connectivity index (χ1v) is 2.70. The third kappa shape index (κ3) is 0.763. The van der Waals surface area contributed by atoms with Gasteiger partial charge in [-0.2, -0.15) is 0 Å². The summed E-state index contributed by atoms with van der Waals surface area (Å²) in [6, 6.07) is 0.389. The maximum atomic E-state index is 8.85. The molecule has 2 atom stereocenters. The first-order valence-electron chi connectivity index (χ1n) is 2.70. The van der Waals surface area contributed by atoms with Crippen LogP contribution in [0.25, 0.3) is 0 Å². The Balaban J connectivity index is 2.16. The second-order valence-corrected chi connectivity index (χ2v) is 2.04. The standard InChI is InChI=1S/C5H11NO/c1-6-4-2-3-5(4)7/h4-7H,2-3H2,1H3/t4-,5-/m1/s1. The lowest BCUT2D eigenvalue weighted by molar-refractivity contribution is 0.0541. The second-order valence-electron chi connectivity index (χ2n) is 2.04. The predicted octanol–water partition coefficient (Wildman–Crippen LogP) is -0.271. The molecule has 0 unspecified atom stereocenters. The zero-order valence-electron chi connectivity index (χ0n) is 4.52. The van der Waals surface area contributed by atoms with Crippen LogP contribution in [-0.4, -0.2) is 24.3 Å². The Kier molecular flexibility index (Phi) is 1.30. The molecule has 0 spiro atoms. The van der Waals surface area contributed by atoms with E-state index < -0.39 is 0 Å². The molecule has 0 saturated heterocycles. The summed E-state index contributed by atoms with van der Waals surface area (Å²) in [5.74, 6) is 0. The van der Waals surface area contributed by atoms with Crippen LogP contribution in [-0.2, 0) is 0 Å². The first-order chi connectivity index (χ1) is 3.34. The largest absolute Gasteiger partial charge is 0.392 e. The Morgan fingerprint density at radius 1 is 1.57 bits per heavy atom. The van der Waals surface area contributed by atoms with Gasteiger partial charge in [0.15, 0.2) is 0 Å². The fourth-order valence-corrected chi connectivity index (χ4v) is 0.819. The summed E-state index contributed by atoms with van der Waals surface area (Å²) < 4.78 is 0. The molecule has 0 aromatic heterocycles. The minimum Gasteiger partial charge on any atom is -0.392 e. The number of hydrogen-bond acceptors (Lipinski definition) is 2. The van der Waals surface area contributed by atoms with Crippen LogP contribution in [0.5, 0.6) is 0 Å². The molecule has 1 aliphatic rings. The molecule has 0 amide bonds. The van der Waals surface area contributed by atoms with Gasteiger partial charge in [0.2, 0.25) is 0 Å². The van der Waals surface area contributed by atoms with Crippen molar-refractivity contribution in [2.75, 3.05) is 7.05 Å². The molecule has 0 aromatic carbocycles. The van der Waals surface area contributed by atoms with Gasteiger partial charge in [0.05, 0.1) is 6.10 Å². The Labute approximate surface area is 43.5 Å². The van der Waals surface area contributed by atoms with E-state index in [2.05, 4.69) is 5.32 Å². The number of rotatable bonds is 1. The van der Waals surface area contributed by atoms with Crippen LogP contribution in [0.1, 0.15) is 12.8 Å². The van der Waals surface area contributed by atoms with Crippen molar-refractivity contribution in [3.05, 3.63) is 0 Å². The van der Waals surface area contributed by atoms with Gasteiger partial charge in [0, 0.05) is 6.04 Å². The molecular weight excluding hydrogens is 90.1 g/mol. The minimum atomic E-state index is -0.0648. The number of hydrogen-bond donors (Lipinski definition) is 2. The van der Waals surface area contributed by atoms with Crippen LogP contribution in [0.2, 0.25) is 0 Å². The average molecular weight is 101 g/mol. The highest BCUT2D eigenvalue weighted by molar-refractivity contribution is 4.84. The molecule has 0 bridgehead atoms. The lowest BCUT2D eigenvalue weighted by Gasteiger charge is -2.31. The van der Waals surface area contributed by atoms with E-state index in [9.17, 15) is 0 Å². The summed E-state index contributed by atoms with van der Waals surface area (Å²) in [5.41, 5.74) is 0. The van der Waals surface area contributed by atoms with Gasteiger partial charge in [0.1, 0.15) is 0 Å². The van der Waals surface area contributed by atoms with Crippen molar-refractivity contribution in [3.8, 4) is 0 Å². The molecule has 2 N–H and O–H groups in total. The summed E-state index contributed by atoms with van der Waals surface area (Å²) in [6.07, 6.45) is 2.05. The van der Waals surface area contributed by atoms with Crippen molar-refractivity contribution in [2.24, 2.45) is 0 Å². The average Bonchev–Trinajstić information content (AvgIpc) is 1.65. The van der Waals surface area contributed by atoms with Gasteiger partial charge in [-0.05, 0) is 19.9 Å². The molecule has 1 saturated carbocycles. The van der Waals surface area contributed by atoms with Crippen LogP contribution in [0.15, 0.2) is 0 Å². The summed E-state index contributed by atoms with van der Waals surface area (Å²) in [4.78, 5) is 0. The molecule has 2 nitrogen and oxygen atoms in total. The van der Waals surface area contributed by atoms with Gasteiger partial charge in [-0.25, -0.2) is 0 Å². The SMILES string of the molecule is CN[C@@H]1CC[C@H]1O. The number of aliphatic hydroxyl groups is 1. The normalized spacial score (nSPS) is 40.3. The van der Waals surface area contributed by atoms with Crippen LogP contribution in [0, 0.1) is 0 Å². The fraction of sp³-hybridized carbons (Fsp3) is 1.00. The van der Waals surface area contributed by atoms with E-state index in [-0.39, 0.29) is 6.10 Å². The Hall–Kier alpha value is -0.0800. The third-order valence-electron chi connectivity index (χ3n) is 1.61. The minimum absolute atomic E-state index is 0.0648. The molecule has 7 heavy (non-hydrogen) atoms. The number of likely N-dealkylation sites (N-methyl/N-ethyl adjacent to an activating group) is 1. The number of aliphatic hydroxyl groups excluding tert-OH is 1. The van der Waals surface area contributed by atoms with Crippen molar-refractivity contribution in [2.45, 2.75) is 25.0 Å². The van der Waals surface area contributed by atoms with E-state index in [0.717, 1.165) is 12.8 Å². The topological polar surface area (TPSA) is 32.3 Å². The van der Waals surface area contributed by atoms with Crippen molar-refractivity contribution < 1.29 is 5.11 Å². The fourth-order valence-electron chi connectivity index (χ4n) is 0.819. The van der Waals surface area contributed by atoms with Crippen molar-refractivity contribution in [3.63, 3.8) is 0 Å². The molecule has 2 heteroatoms. The predicted molar refractivity (Wildman–Crippen MR) is 28.1 cm³/mol. The summed E-state index contributed by atoms with van der Waals surface area (Å²) in [6.45, 7) is 0. The van der Waals surface area contributed by atoms with Crippen LogP contribution in [0.4, 0.5) is 0 Å². The zero-order valence-corrected chi connectivity index (χ0v) is 4.52. The van der Waals surface area contributed by atoms with E-state index >= 15 is 0 Å². The molecule has 42 valence electrons. The van der Waals surface area contributed by atoms with Gasteiger partial charge in [-0.3, -0.25) is 0 Å². The molecule has 0 heterocycles. The highest BCUT2D eigenvalue weighted by Crippen LogP contribution is 2.18. The second kappa shape index (κ2) is 1.80. The van der Waals surface area contributed by atoms with E-state index in [1.54, 1.807) is 0 Å². The van der Waals surface area contributed by atoms with E-state index in [1.807, 2.05) is 7.05 Å². The molecule has 1 aliphatic carbocycles. The Bertz CT molecular complexity index is 63.1. The molecule has 0 aliphatic heterocycles. The van der Waals surface area contributed by atoms with Crippen molar-refractivity contribution in [1.82, 2.24) is 5.32 Å². The lowest BCUT2D eigenvalue weighted by atomic mass is 9.90. The van der Waals surface area contributed by atoms with Gasteiger partial charge < -0.3 is 10.4 Å². The van der Waals surface area contributed by atoms with Crippen LogP contribution < -0.4 is 5.32 Å². The number of nitrogens with one attached hydrogen (secondary N) is 1. The van der Waals surface area contributed by atoms with Crippen LogP contribution >= 0.6 is 0 Å². The van der Waals surface area contributed by atoms with E-state index in [0.29, 0.717) is 6.04 Å². The molecule has 0 aromatic rings. The quantitative estimate of drug-likeness (QED) is 0.476. The van der Waals surface area contributed by atoms with E-state index in [4.69, 9.17) is 5.11 Å². The highest BCUT2D eigenvalue weighted by Gasteiger charge is 2.26. The highest BCUT2D eigenvalue weighted by atomic mass is 16.3. The summed E-state index contributed by atoms with van der Waals surface area (Å²) in [5, 5.41) is 11.8. The summed E-state index contributed by atoms with van der Waals surface area (Å²) in [7, 11) is 1.88. The van der Waals surface area contributed by atoms with Crippen LogP contribution in [0.3, 0.4) is 0 Å². The lowest BCUT2D eigenvalue weighted by Crippen LogP contribution is -2.45. The Morgan fingerprint density at radius 2 is 2.29 bits per heavy atom. The van der Waals surface area contributed by atoms with Gasteiger partial charge in [-0.15, -0.1) is 0 Å². The maximum absolute atomic E-state index is 8.85. The summed E-state index contributed by atoms with van der Waals surface area (Å²) >= 11 is 0. The third-order valence-corrected chi connectivity index (χ3v) is 1.61. The van der Waals surface area contributed by atoms with Gasteiger partial charge in [-0.1, -0.05) is 0 Å². The maximum Gasteiger partial charge on any atom is 0.0693 e. The smallest absolute Gasteiger partial charge is 0.0693 e. The first kappa shape index (κ1) is 5.06. The zero-order chi connectivity index (χ0) is 5.28. The Morgan fingerprint density at radius 3 is 2.29 bits per heavy atom.